The van der Waals surface area contributed by atoms with Crippen molar-refractivity contribution in [3.63, 3.8) is 0 Å². The fraction of sp³-hybridized carbons (Fsp3) is 0.364. The first-order valence-electron chi connectivity index (χ1n) is 8.73. The summed E-state index contributed by atoms with van der Waals surface area (Å²) in [7, 11) is 3.28. The van der Waals surface area contributed by atoms with Crippen LogP contribution in [-0.2, 0) is 4.89 Å². The third-order valence-electron chi connectivity index (χ3n) is 4.52. The lowest BCUT2D eigenvalue weighted by Crippen LogP contribution is -1.92. The van der Waals surface area contributed by atoms with Gasteiger partial charge in [-0.2, -0.15) is 0 Å². The van der Waals surface area contributed by atoms with Crippen molar-refractivity contribution in [2.45, 2.75) is 33.6 Å². The zero-order valence-electron chi connectivity index (χ0n) is 16.3. The van der Waals surface area contributed by atoms with Crippen LogP contribution in [0.25, 0.3) is 6.08 Å². The predicted octanol–water partition coefficient (Wildman–Crippen LogP) is 5.58. The molecule has 0 saturated heterocycles. The van der Waals surface area contributed by atoms with Crippen molar-refractivity contribution in [2.75, 3.05) is 20.8 Å². The average molecular weight is 356 g/mol. The zero-order valence-corrected chi connectivity index (χ0v) is 16.3. The standard InChI is InChI=1S/C22H28O4/c1-15(2)6-8-19-14-18(10-11-26-23)16(3)20(19)12-17-7-9-21(24-4)22(13-17)25-5/h6-9,12-13,23H,10-11,14H2,1-5H3/b19-8+,20-12-. The first kappa shape index (κ1) is 20.0. The van der Waals surface area contributed by atoms with Crippen molar-refractivity contribution in [2.24, 2.45) is 0 Å². The van der Waals surface area contributed by atoms with Crippen molar-refractivity contribution in [3.8, 4) is 11.5 Å². The maximum atomic E-state index is 8.68. The van der Waals surface area contributed by atoms with E-state index in [2.05, 4.69) is 43.9 Å². The monoisotopic (exact) mass is 356 g/mol. The van der Waals surface area contributed by atoms with Gasteiger partial charge in [-0.15, -0.1) is 0 Å². The Bertz CT molecular complexity index is 762. The van der Waals surface area contributed by atoms with E-state index >= 15 is 0 Å². The van der Waals surface area contributed by atoms with Gasteiger partial charge in [-0.3, -0.25) is 5.26 Å². The van der Waals surface area contributed by atoms with Crippen molar-refractivity contribution in [1.82, 2.24) is 0 Å². The van der Waals surface area contributed by atoms with Gasteiger partial charge in [0, 0.05) is 0 Å². The summed E-state index contributed by atoms with van der Waals surface area (Å²) in [5.41, 5.74) is 7.33. The third kappa shape index (κ3) is 4.87. The van der Waals surface area contributed by atoms with Crippen molar-refractivity contribution >= 4 is 6.08 Å². The molecular formula is C22H28O4. The quantitative estimate of drug-likeness (QED) is 0.512. The third-order valence-corrected chi connectivity index (χ3v) is 4.52. The van der Waals surface area contributed by atoms with Crippen molar-refractivity contribution in [1.29, 1.82) is 0 Å². The summed E-state index contributed by atoms with van der Waals surface area (Å²) in [6, 6.07) is 5.92. The van der Waals surface area contributed by atoms with Gasteiger partial charge in [0.15, 0.2) is 11.5 Å². The number of ether oxygens (including phenoxy) is 2. The minimum Gasteiger partial charge on any atom is -0.493 e. The number of benzene rings is 1. The Balaban J connectivity index is 2.46. The van der Waals surface area contributed by atoms with E-state index in [1.165, 1.54) is 27.9 Å². The van der Waals surface area contributed by atoms with Gasteiger partial charge in [0.05, 0.1) is 20.8 Å². The molecule has 4 heteroatoms. The van der Waals surface area contributed by atoms with Crippen LogP contribution in [-0.4, -0.2) is 26.1 Å². The normalized spacial score (nSPS) is 17.2. The summed E-state index contributed by atoms with van der Waals surface area (Å²) in [6.45, 7) is 6.62. The molecule has 0 unspecified atom stereocenters. The van der Waals surface area contributed by atoms with E-state index in [4.69, 9.17) is 14.7 Å². The van der Waals surface area contributed by atoms with E-state index < -0.39 is 0 Å². The lowest BCUT2D eigenvalue weighted by atomic mass is 10.0. The summed E-state index contributed by atoms with van der Waals surface area (Å²) in [4.78, 5) is 4.28. The maximum absolute atomic E-state index is 8.68. The Labute approximate surface area is 156 Å². The van der Waals surface area contributed by atoms with Gasteiger partial charge < -0.3 is 9.47 Å². The second-order valence-electron chi connectivity index (χ2n) is 6.60. The first-order chi connectivity index (χ1) is 12.5. The molecule has 2 rings (SSSR count). The summed E-state index contributed by atoms with van der Waals surface area (Å²) < 4.78 is 10.7. The van der Waals surface area contributed by atoms with Crippen LogP contribution in [0.3, 0.4) is 0 Å². The minimum atomic E-state index is 0.312. The van der Waals surface area contributed by atoms with Gasteiger partial charge in [-0.1, -0.05) is 29.4 Å². The smallest absolute Gasteiger partial charge is 0.161 e. The van der Waals surface area contributed by atoms with E-state index in [1.54, 1.807) is 14.2 Å². The van der Waals surface area contributed by atoms with Crippen LogP contribution < -0.4 is 9.47 Å². The molecule has 1 aliphatic rings. The molecule has 0 radical (unpaired) electrons. The first-order valence-corrected chi connectivity index (χ1v) is 8.73. The molecule has 1 aliphatic carbocycles. The fourth-order valence-electron chi connectivity index (χ4n) is 3.06. The molecule has 26 heavy (non-hydrogen) atoms. The van der Waals surface area contributed by atoms with E-state index in [9.17, 15) is 0 Å². The Morgan fingerprint density at radius 3 is 2.50 bits per heavy atom. The lowest BCUT2D eigenvalue weighted by molar-refractivity contribution is -0.241. The Hall–Kier alpha value is -2.30. The van der Waals surface area contributed by atoms with E-state index in [0.29, 0.717) is 12.4 Å². The SMILES string of the molecule is COc1ccc(/C=C2/C(C)=C(CCOO)C/C2=C\C=C(C)C)cc1OC. The van der Waals surface area contributed by atoms with Crippen LogP contribution in [0.1, 0.15) is 39.2 Å². The van der Waals surface area contributed by atoms with Crippen molar-refractivity contribution < 1.29 is 19.6 Å². The van der Waals surface area contributed by atoms with Gasteiger partial charge >= 0.3 is 0 Å². The minimum absolute atomic E-state index is 0.312. The molecule has 4 nitrogen and oxygen atoms in total. The number of hydrogen-bond donors (Lipinski definition) is 1. The molecule has 0 aliphatic heterocycles. The molecule has 1 N–H and O–H groups in total. The van der Waals surface area contributed by atoms with Crippen LogP contribution in [0.15, 0.2) is 58.2 Å². The summed E-state index contributed by atoms with van der Waals surface area (Å²) in [6.07, 6.45) is 8.08. The second kappa shape index (κ2) is 9.41. The topological polar surface area (TPSA) is 47.9 Å². The maximum Gasteiger partial charge on any atom is 0.161 e. The number of methoxy groups -OCH3 is 2. The van der Waals surface area contributed by atoms with Gasteiger partial charge in [-0.25, -0.2) is 4.89 Å². The average Bonchev–Trinajstić information content (AvgIpc) is 2.93. The largest absolute Gasteiger partial charge is 0.493 e. The number of hydrogen-bond acceptors (Lipinski definition) is 4. The molecule has 0 atom stereocenters. The molecule has 0 heterocycles. The molecule has 1 aromatic carbocycles. The molecule has 1 aromatic rings. The molecule has 0 fully saturated rings. The number of allylic oxidation sites excluding steroid dienone is 6. The van der Waals surface area contributed by atoms with Crippen LogP contribution in [0, 0.1) is 0 Å². The Morgan fingerprint density at radius 2 is 1.88 bits per heavy atom. The lowest BCUT2D eigenvalue weighted by Gasteiger charge is -2.09. The molecule has 0 saturated carbocycles. The molecule has 0 bridgehead atoms. The molecule has 0 spiro atoms. The molecule has 0 aromatic heterocycles. The fourth-order valence-corrected chi connectivity index (χ4v) is 3.06. The van der Waals surface area contributed by atoms with Gasteiger partial charge in [0.1, 0.15) is 0 Å². The molecular weight excluding hydrogens is 328 g/mol. The highest BCUT2D eigenvalue weighted by Crippen LogP contribution is 2.39. The van der Waals surface area contributed by atoms with Crippen LogP contribution >= 0.6 is 0 Å². The van der Waals surface area contributed by atoms with Crippen LogP contribution in [0.2, 0.25) is 0 Å². The second-order valence-corrected chi connectivity index (χ2v) is 6.60. The number of rotatable bonds is 7. The summed E-state index contributed by atoms with van der Waals surface area (Å²) in [5, 5.41) is 8.68. The van der Waals surface area contributed by atoms with Crippen LogP contribution in [0.5, 0.6) is 11.5 Å². The predicted molar refractivity (Wildman–Crippen MR) is 106 cm³/mol. The highest BCUT2D eigenvalue weighted by atomic mass is 17.1. The van der Waals surface area contributed by atoms with Crippen LogP contribution in [0.4, 0.5) is 0 Å². The highest BCUT2D eigenvalue weighted by molar-refractivity contribution is 5.71. The molecule has 140 valence electrons. The molecule has 0 amide bonds. The van der Waals surface area contributed by atoms with Gasteiger partial charge in [-0.05, 0) is 74.1 Å². The van der Waals surface area contributed by atoms with E-state index in [-0.39, 0.29) is 0 Å². The van der Waals surface area contributed by atoms with E-state index in [1.807, 2.05) is 18.2 Å². The van der Waals surface area contributed by atoms with Crippen molar-refractivity contribution in [3.05, 3.63) is 63.8 Å². The van der Waals surface area contributed by atoms with Gasteiger partial charge in [0.2, 0.25) is 0 Å². The zero-order chi connectivity index (χ0) is 19.1. The Kier molecular flexibility index (Phi) is 7.25. The van der Waals surface area contributed by atoms with E-state index in [0.717, 1.165) is 24.2 Å². The summed E-state index contributed by atoms with van der Waals surface area (Å²) >= 11 is 0. The summed E-state index contributed by atoms with van der Waals surface area (Å²) in [5.74, 6) is 1.43. The van der Waals surface area contributed by atoms with Gasteiger partial charge in [0.25, 0.3) is 0 Å². The Morgan fingerprint density at radius 1 is 1.15 bits per heavy atom. The highest BCUT2D eigenvalue weighted by Gasteiger charge is 2.21.